The zero-order valence-electron chi connectivity index (χ0n) is 8.46. The van der Waals surface area contributed by atoms with Crippen LogP contribution in [0.1, 0.15) is 6.92 Å². The molecule has 15 heavy (non-hydrogen) atoms. The Hall–Kier alpha value is -1.62. The highest BCUT2D eigenvalue weighted by molar-refractivity contribution is 5.81. The summed E-state index contributed by atoms with van der Waals surface area (Å²) in [6, 6.07) is 4.48. The topological polar surface area (TPSA) is 67.2 Å². The highest BCUT2D eigenvalue weighted by Gasteiger charge is 2.07. The van der Waals surface area contributed by atoms with Crippen molar-refractivity contribution in [2.24, 2.45) is 5.73 Å². The molecule has 0 spiro atoms. The van der Waals surface area contributed by atoms with Crippen LogP contribution in [0, 0.1) is 5.82 Å². The summed E-state index contributed by atoms with van der Waals surface area (Å²) >= 11 is 0. The van der Waals surface area contributed by atoms with Crippen molar-refractivity contribution in [3.63, 3.8) is 0 Å². The molecule has 0 unspecified atom stereocenters. The number of hydrogen-bond acceptors (Lipinski definition) is 3. The van der Waals surface area contributed by atoms with Crippen LogP contribution in [0.25, 0.3) is 0 Å². The highest BCUT2D eigenvalue weighted by atomic mass is 19.1. The molecule has 1 aromatic carbocycles. The summed E-state index contributed by atoms with van der Waals surface area (Å²) < 4.78 is 13.3. The third-order valence-electron chi connectivity index (χ3n) is 1.83. The number of halogens is 1. The number of carbonyl (C=O) groups excluding carboxylic acids is 1. The summed E-state index contributed by atoms with van der Waals surface area (Å²) in [7, 11) is 0. The number of carbonyl (C=O) groups is 1. The lowest BCUT2D eigenvalue weighted by molar-refractivity contribution is -0.105. The minimum absolute atomic E-state index is 0.0441. The van der Waals surface area contributed by atoms with Gasteiger partial charge in [-0.2, -0.15) is 0 Å². The third-order valence-corrected chi connectivity index (χ3v) is 1.83. The molecule has 0 aliphatic heterocycles. The van der Waals surface area contributed by atoms with Crippen molar-refractivity contribution in [1.82, 2.24) is 0 Å². The Labute approximate surface area is 87.7 Å². The lowest BCUT2D eigenvalue weighted by atomic mass is 10.2. The lowest BCUT2D eigenvalue weighted by Crippen LogP contribution is -2.25. The lowest BCUT2D eigenvalue weighted by Gasteiger charge is -2.13. The Morgan fingerprint density at radius 1 is 1.60 bits per heavy atom. The van der Waals surface area contributed by atoms with E-state index in [1.807, 2.05) is 6.92 Å². The van der Waals surface area contributed by atoms with Gasteiger partial charge in [-0.1, -0.05) is 6.07 Å². The van der Waals surface area contributed by atoms with E-state index in [0.29, 0.717) is 18.6 Å². The van der Waals surface area contributed by atoms with Gasteiger partial charge in [0, 0.05) is 12.6 Å². The first kappa shape index (κ1) is 11.5. The summed E-state index contributed by atoms with van der Waals surface area (Å²) in [5, 5.41) is 5.26. The first-order valence-electron chi connectivity index (χ1n) is 4.63. The van der Waals surface area contributed by atoms with Crippen molar-refractivity contribution >= 4 is 17.8 Å². The van der Waals surface area contributed by atoms with E-state index in [-0.39, 0.29) is 11.7 Å². The third kappa shape index (κ3) is 3.21. The molecule has 1 aromatic rings. The molecule has 1 rings (SSSR count). The molecule has 0 heterocycles. The Morgan fingerprint density at radius 3 is 2.93 bits per heavy atom. The molecule has 0 aromatic heterocycles. The quantitative estimate of drug-likeness (QED) is 0.640. The number of nitrogens with two attached hydrogens (primary N) is 1. The van der Waals surface area contributed by atoms with E-state index in [9.17, 15) is 9.18 Å². The summed E-state index contributed by atoms with van der Waals surface area (Å²) in [6.45, 7) is 2.34. The molecule has 82 valence electrons. The van der Waals surface area contributed by atoms with Gasteiger partial charge in [0.05, 0.1) is 5.69 Å². The largest absolute Gasteiger partial charge is 0.382 e. The summed E-state index contributed by atoms with van der Waals surface area (Å²) in [5.41, 5.74) is 6.23. The standard InChI is InChI=1S/C10H14FN3O/c1-7(12)5-13-9-4-2-3-8(11)10(9)14-6-15/h2-4,6-7,13H,5,12H2,1H3,(H,14,15)/t7-/m1/s1. The number of rotatable bonds is 5. The van der Waals surface area contributed by atoms with Gasteiger partial charge in [-0.15, -0.1) is 0 Å². The first-order valence-corrected chi connectivity index (χ1v) is 4.63. The molecule has 1 amide bonds. The monoisotopic (exact) mass is 211 g/mol. The fourth-order valence-electron chi connectivity index (χ4n) is 1.15. The van der Waals surface area contributed by atoms with Crippen LogP contribution in [0.5, 0.6) is 0 Å². The number of benzene rings is 1. The molecule has 5 heteroatoms. The van der Waals surface area contributed by atoms with E-state index in [4.69, 9.17) is 5.73 Å². The molecule has 0 saturated heterocycles. The first-order chi connectivity index (χ1) is 7.15. The minimum Gasteiger partial charge on any atom is -0.382 e. The van der Waals surface area contributed by atoms with Crippen molar-refractivity contribution in [2.45, 2.75) is 13.0 Å². The van der Waals surface area contributed by atoms with E-state index < -0.39 is 5.82 Å². The second-order valence-corrected chi connectivity index (χ2v) is 3.28. The highest BCUT2D eigenvalue weighted by Crippen LogP contribution is 2.24. The van der Waals surface area contributed by atoms with Gasteiger partial charge in [-0.25, -0.2) is 4.39 Å². The zero-order valence-corrected chi connectivity index (χ0v) is 8.46. The number of para-hydroxylation sites is 1. The summed E-state index contributed by atoms with van der Waals surface area (Å²) in [5.74, 6) is -0.475. The normalized spacial score (nSPS) is 11.9. The van der Waals surface area contributed by atoms with Crippen LogP contribution in [-0.2, 0) is 4.79 Å². The second kappa shape index (κ2) is 5.31. The Morgan fingerprint density at radius 2 is 2.33 bits per heavy atom. The molecule has 0 radical (unpaired) electrons. The van der Waals surface area contributed by atoms with Gasteiger partial charge < -0.3 is 16.4 Å². The maximum Gasteiger partial charge on any atom is 0.211 e. The smallest absolute Gasteiger partial charge is 0.211 e. The average molecular weight is 211 g/mol. The van der Waals surface area contributed by atoms with E-state index in [0.717, 1.165) is 0 Å². The molecule has 0 aliphatic rings. The molecule has 0 bridgehead atoms. The molecule has 0 aliphatic carbocycles. The Kier molecular flexibility index (Phi) is 4.05. The van der Waals surface area contributed by atoms with Gasteiger partial charge in [0.1, 0.15) is 11.5 Å². The van der Waals surface area contributed by atoms with E-state index in [1.165, 1.54) is 6.07 Å². The number of nitrogens with one attached hydrogen (secondary N) is 2. The molecule has 0 fully saturated rings. The number of amides is 1. The maximum absolute atomic E-state index is 13.3. The van der Waals surface area contributed by atoms with Crippen LogP contribution < -0.4 is 16.4 Å². The van der Waals surface area contributed by atoms with E-state index in [1.54, 1.807) is 12.1 Å². The van der Waals surface area contributed by atoms with Crippen LogP contribution in [-0.4, -0.2) is 19.0 Å². The van der Waals surface area contributed by atoms with Crippen LogP contribution in [0.2, 0.25) is 0 Å². The van der Waals surface area contributed by atoms with Gasteiger partial charge in [0.15, 0.2) is 0 Å². The van der Waals surface area contributed by atoms with Crippen molar-refractivity contribution in [3.05, 3.63) is 24.0 Å². The van der Waals surface area contributed by atoms with Gasteiger partial charge in [0.2, 0.25) is 6.41 Å². The van der Waals surface area contributed by atoms with E-state index >= 15 is 0 Å². The minimum atomic E-state index is -0.475. The van der Waals surface area contributed by atoms with Crippen LogP contribution >= 0.6 is 0 Å². The molecule has 1 atom stereocenters. The van der Waals surface area contributed by atoms with Gasteiger partial charge in [0.25, 0.3) is 0 Å². The van der Waals surface area contributed by atoms with Crippen molar-refractivity contribution < 1.29 is 9.18 Å². The van der Waals surface area contributed by atoms with Crippen LogP contribution in [0.4, 0.5) is 15.8 Å². The molecular formula is C10H14FN3O. The second-order valence-electron chi connectivity index (χ2n) is 3.28. The molecule has 4 N–H and O–H groups in total. The summed E-state index contributed by atoms with van der Waals surface area (Å²) in [4.78, 5) is 10.3. The fourth-order valence-corrected chi connectivity index (χ4v) is 1.15. The predicted molar refractivity (Wildman–Crippen MR) is 58.2 cm³/mol. The Bertz CT molecular complexity index is 341. The SMILES string of the molecule is C[C@@H](N)CNc1cccc(F)c1NC=O. The predicted octanol–water partition coefficient (Wildman–Crippen LogP) is 1.15. The van der Waals surface area contributed by atoms with Crippen molar-refractivity contribution in [2.75, 3.05) is 17.2 Å². The molecule has 4 nitrogen and oxygen atoms in total. The Balaban J connectivity index is 2.85. The van der Waals surface area contributed by atoms with E-state index in [2.05, 4.69) is 10.6 Å². The van der Waals surface area contributed by atoms with Gasteiger partial charge in [-0.05, 0) is 19.1 Å². The molecule has 0 saturated carbocycles. The van der Waals surface area contributed by atoms with Crippen LogP contribution in [0.3, 0.4) is 0 Å². The number of hydrogen-bond donors (Lipinski definition) is 3. The van der Waals surface area contributed by atoms with Crippen LogP contribution in [0.15, 0.2) is 18.2 Å². The average Bonchev–Trinajstić information content (AvgIpc) is 2.19. The van der Waals surface area contributed by atoms with Crippen molar-refractivity contribution in [1.29, 1.82) is 0 Å². The van der Waals surface area contributed by atoms with Crippen molar-refractivity contribution in [3.8, 4) is 0 Å². The van der Waals surface area contributed by atoms with Gasteiger partial charge in [-0.3, -0.25) is 4.79 Å². The maximum atomic E-state index is 13.3. The fraction of sp³-hybridized carbons (Fsp3) is 0.300. The summed E-state index contributed by atoms with van der Waals surface area (Å²) in [6.07, 6.45) is 0.440. The molecular weight excluding hydrogens is 197 g/mol. The number of anilines is 2. The zero-order chi connectivity index (χ0) is 11.3. The van der Waals surface area contributed by atoms with Gasteiger partial charge >= 0.3 is 0 Å².